The molecule has 4 rings (SSSR count). The molecule has 2 aromatic rings. The molecule has 3 heterocycles. The highest BCUT2D eigenvalue weighted by molar-refractivity contribution is 5.95. The molecule has 2 atom stereocenters. The van der Waals surface area contributed by atoms with Gasteiger partial charge in [-0.2, -0.15) is 0 Å². The molecule has 7 nitrogen and oxygen atoms in total. The number of carboxylic acids is 1. The van der Waals surface area contributed by atoms with Crippen molar-refractivity contribution < 1.29 is 23.8 Å². The van der Waals surface area contributed by atoms with Gasteiger partial charge in [-0.3, -0.25) is 4.79 Å². The van der Waals surface area contributed by atoms with E-state index in [1.807, 2.05) is 12.1 Å². The summed E-state index contributed by atoms with van der Waals surface area (Å²) < 4.78 is 10.8. The Bertz CT molecular complexity index is 862. The van der Waals surface area contributed by atoms with Crippen molar-refractivity contribution in [2.75, 3.05) is 24.6 Å². The Labute approximate surface area is 157 Å². The molecule has 0 bridgehead atoms. The van der Waals surface area contributed by atoms with Crippen LogP contribution < -0.4 is 4.90 Å². The predicted octanol–water partition coefficient (Wildman–Crippen LogP) is 2.16. The Morgan fingerprint density at radius 1 is 1.26 bits per heavy atom. The highest BCUT2D eigenvalue weighted by Crippen LogP contribution is 2.33. The Hall–Kier alpha value is -2.80. The quantitative estimate of drug-likeness (QED) is 0.888. The fraction of sp³-hybridized carbons (Fsp3) is 0.400. The van der Waals surface area contributed by atoms with E-state index in [1.165, 1.54) is 16.7 Å². The van der Waals surface area contributed by atoms with Crippen molar-refractivity contribution in [3.8, 4) is 0 Å². The van der Waals surface area contributed by atoms with Crippen molar-refractivity contribution in [3.63, 3.8) is 0 Å². The largest absolute Gasteiger partial charge is 0.479 e. The van der Waals surface area contributed by atoms with Gasteiger partial charge >= 0.3 is 5.97 Å². The number of amides is 1. The van der Waals surface area contributed by atoms with E-state index in [0.717, 1.165) is 12.1 Å². The second-order valence-electron chi connectivity index (χ2n) is 7.02. The molecule has 2 aliphatic rings. The van der Waals surface area contributed by atoms with Gasteiger partial charge in [0, 0.05) is 18.3 Å². The van der Waals surface area contributed by atoms with Crippen LogP contribution >= 0.6 is 0 Å². The van der Waals surface area contributed by atoms with Gasteiger partial charge in [-0.15, -0.1) is 0 Å². The van der Waals surface area contributed by atoms with E-state index in [0.29, 0.717) is 30.5 Å². The standard InChI is InChI=1S/C20H22N2O5/c1-13-10-14-4-2-3-5-16(14)22(13)12-17-15(6-8-26-17)19(23)21-7-9-27-18(11-21)20(24)25/h2-6,8,13,18H,7,9-12H2,1H3,(H,24,25)/t13-,18-/m1/s1. The Morgan fingerprint density at radius 2 is 2.07 bits per heavy atom. The lowest BCUT2D eigenvalue weighted by molar-refractivity contribution is -0.154. The maximum atomic E-state index is 12.9. The number of aliphatic carboxylic acids is 1. The number of morpholine rings is 1. The van der Waals surface area contributed by atoms with Crippen LogP contribution in [0.4, 0.5) is 5.69 Å². The third-order valence-electron chi connectivity index (χ3n) is 5.27. The van der Waals surface area contributed by atoms with Crippen molar-refractivity contribution in [1.82, 2.24) is 4.90 Å². The fourth-order valence-corrected chi connectivity index (χ4v) is 3.83. The number of para-hydroxylation sites is 1. The first-order chi connectivity index (χ1) is 13.0. The molecular weight excluding hydrogens is 348 g/mol. The van der Waals surface area contributed by atoms with E-state index in [4.69, 9.17) is 14.3 Å². The van der Waals surface area contributed by atoms with Gasteiger partial charge in [0.2, 0.25) is 0 Å². The molecule has 0 aliphatic carbocycles. The van der Waals surface area contributed by atoms with Crippen LogP contribution in [0.3, 0.4) is 0 Å². The first kappa shape index (κ1) is 17.6. The number of benzene rings is 1. The zero-order valence-electron chi connectivity index (χ0n) is 15.1. The van der Waals surface area contributed by atoms with Crippen LogP contribution in [0.2, 0.25) is 0 Å². The van der Waals surface area contributed by atoms with Crippen LogP contribution in [0, 0.1) is 0 Å². The number of ether oxygens (including phenoxy) is 1. The summed E-state index contributed by atoms with van der Waals surface area (Å²) in [6.45, 7) is 3.28. The third-order valence-corrected chi connectivity index (χ3v) is 5.27. The Kier molecular flexibility index (Phi) is 4.61. The highest BCUT2D eigenvalue weighted by Gasteiger charge is 2.32. The summed E-state index contributed by atoms with van der Waals surface area (Å²) in [5.74, 6) is -0.669. The van der Waals surface area contributed by atoms with E-state index >= 15 is 0 Å². The monoisotopic (exact) mass is 370 g/mol. The van der Waals surface area contributed by atoms with Crippen LogP contribution in [0.1, 0.15) is 28.6 Å². The second kappa shape index (κ2) is 7.08. The summed E-state index contributed by atoms with van der Waals surface area (Å²) >= 11 is 0. The topological polar surface area (TPSA) is 83.2 Å². The first-order valence-corrected chi connectivity index (χ1v) is 9.09. The van der Waals surface area contributed by atoms with E-state index in [9.17, 15) is 9.59 Å². The number of carbonyl (C=O) groups is 2. The fourth-order valence-electron chi connectivity index (χ4n) is 3.83. The molecule has 142 valence electrons. The van der Waals surface area contributed by atoms with Gasteiger partial charge in [0.1, 0.15) is 5.76 Å². The number of nitrogens with zero attached hydrogens (tertiary/aromatic N) is 2. The van der Waals surface area contributed by atoms with Crippen LogP contribution in [-0.4, -0.2) is 53.7 Å². The highest BCUT2D eigenvalue weighted by atomic mass is 16.5. The minimum atomic E-state index is -1.05. The van der Waals surface area contributed by atoms with Gasteiger partial charge in [0.15, 0.2) is 6.10 Å². The van der Waals surface area contributed by atoms with Crippen molar-refractivity contribution in [3.05, 3.63) is 53.5 Å². The number of hydrogen-bond donors (Lipinski definition) is 1. The smallest absolute Gasteiger partial charge is 0.334 e. The van der Waals surface area contributed by atoms with Gasteiger partial charge in [-0.05, 0) is 31.0 Å². The molecule has 0 spiro atoms. The molecule has 2 aliphatic heterocycles. The molecular formula is C20H22N2O5. The minimum Gasteiger partial charge on any atom is -0.479 e. The molecule has 0 radical (unpaired) electrons. The second-order valence-corrected chi connectivity index (χ2v) is 7.02. The van der Waals surface area contributed by atoms with E-state index in [1.54, 1.807) is 6.07 Å². The zero-order valence-corrected chi connectivity index (χ0v) is 15.1. The first-order valence-electron chi connectivity index (χ1n) is 9.09. The minimum absolute atomic E-state index is 0.0434. The summed E-state index contributed by atoms with van der Waals surface area (Å²) in [7, 11) is 0. The third kappa shape index (κ3) is 3.30. The summed E-state index contributed by atoms with van der Waals surface area (Å²) in [4.78, 5) is 27.9. The van der Waals surface area contributed by atoms with Crippen LogP contribution in [0.5, 0.6) is 0 Å². The lowest BCUT2D eigenvalue weighted by Crippen LogP contribution is -2.48. The average Bonchev–Trinajstić information content (AvgIpc) is 3.26. The lowest BCUT2D eigenvalue weighted by atomic mass is 10.1. The van der Waals surface area contributed by atoms with Gasteiger partial charge in [-0.1, -0.05) is 18.2 Å². The van der Waals surface area contributed by atoms with Crippen LogP contribution in [0.15, 0.2) is 41.0 Å². The van der Waals surface area contributed by atoms with Crippen LogP contribution in [-0.2, 0) is 22.5 Å². The average molecular weight is 370 g/mol. The number of carboxylic acid groups (broad SMARTS) is 1. The Morgan fingerprint density at radius 3 is 2.89 bits per heavy atom. The zero-order chi connectivity index (χ0) is 19.0. The molecule has 1 saturated heterocycles. The summed E-state index contributed by atoms with van der Waals surface area (Å²) in [5, 5.41) is 9.15. The summed E-state index contributed by atoms with van der Waals surface area (Å²) in [5.41, 5.74) is 2.94. The van der Waals surface area contributed by atoms with Gasteiger partial charge in [-0.25, -0.2) is 4.79 Å². The molecule has 7 heteroatoms. The molecule has 1 aromatic carbocycles. The lowest BCUT2D eigenvalue weighted by Gasteiger charge is -2.31. The number of hydrogen-bond acceptors (Lipinski definition) is 5. The molecule has 27 heavy (non-hydrogen) atoms. The van der Waals surface area contributed by atoms with Gasteiger partial charge in [0.25, 0.3) is 5.91 Å². The van der Waals surface area contributed by atoms with E-state index in [-0.39, 0.29) is 19.1 Å². The molecule has 0 unspecified atom stereocenters. The number of rotatable bonds is 4. The van der Waals surface area contributed by atoms with E-state index < -0.39 is 12.1 Å². The molecule has 1 aromatic heterocycles. The normalized spacial score (nSPS) is 22.0. The number of anilines is 1. The number of carbonyl (C=O) groups excluding carboxylic acids is 1. The predicted molar refractivity (Wildman–Crippen MR) is 97.8 cm³/mol. The van der Waals surface area contributed by atoms with Crippen molar-refractivity contribution in [2.45, 2.75) is 32.0 Å². The van der Waals surface area contributed by atoms with Gasteiger partial charge in [0.05, 0.1) is 31.5 Å². The summed E-state index contributed by atoms with van der Waals surface area (Å²) in [6.07, 6.45) is 1.50. The van der Waals surface area contributed by atoms with Crippen LogP contribution in [0.25, 0.3) is 0 Å². The molecule has 1 N–H and O–H groups in total. The Balaban J connectivity index is 1.53. The molecule has 1 amide bonds. The maximum Gasteiger partial charge on any atom is 0.334 e. The van der Waals surface area contributed by atoms with Crippen molar-refractivity contribution >= 4 is 17.6 Å². The molecule has 1 fully saturated rings. The van der Waals surface area contributed by atoms with E-state index in [2.05, 4.69) is 24.0 Å². The summed E-state index contributed by atoms with van der Waals surface area (Å²) in [6, 6.07) is 10.2. The molecule has 0 saturated carbocycles. The number of furan rings is 1. The number of fused-ring (bicyclic) bond motifs is 1. The maximum absolute atomic E-state index is 12.9. The SMILES string of the molecule is C[C@@H]1Cc2ccccc2N1Cc1occc1C(=O)N1CCO[C@@H](C(=O)O)C1. The van der Waals surface area contributed by atoms with Crippen molar-refractivity contribution in [2.24, 2.45) is 0 Å². The van der Waals surface area contributed by atoms with Crippen molar-refractivity contribution in [1.29, 1.82) is 0 Å². The van der Waals surface area contributed by atoms with Gasteiger partial charge < -0.3 is 24.1 Å².